The lowest BCUT2D eigenvalue weighted by Gasteiger charge is -2.31. The standard InChI is InChI=1S/C19H28N2OS/c1-13(2)18(23-12-14-6-4-3-5-7-14)19(22)21-17-10-15-8-9-16(11-17)20-15/h3-7,13,15-18,20H,8-12H2,1-2H3,(H,21,22). The highest BCUT2D eigenvalue weighted by molar-refractivity contribution is 7.99. The maximum Gasteiger partial charge on any atom is 0.233 e. The fourth-order valence-electron chi connectivity index (χ4n) is 3.79. The van der Waals surface area contributed by atoms with Crippen LogP contribution in [-0.4, -0.2) is 29.3 Å². The Kier molecular flexibility index (Phi) is 5.65. The van der Waals surface area contributed by atoms with Gasteiger partial charge in [0, 0.05) is 23.9 Å². The Morgan fingerprint density at radius 3 is 2.48 bits per heavy atom. The van der Waals surface area contributed by atoms with Crippen molar-refractivity contribution in [3.05, 3.63) is 35.9 Å². The van der Waals surface area contributed by atoms with Gasteiger partial charge in [-0.05, 0) is 37.2 Å². The Hall–Kier alpha value is -1.00. The van der Waals surface area contributed by atoms with Crippen LogP contribution in [0.25, 0.3) is 0 Å². The monoisotopic (exact) mass is 332 g/mol. The molecular formula is C19H28N2OS. The molecule has 3 atom stereocenters. The van der Waals surface area contributed by atoms with Crippen LogP contribution in [0, 0.1) is 5.92 Å². The van der Waals surface area contributed by atoms with E-state index in [1.807, 2.05) is 6.07 Å². The van der Waals surface area contributed by atoms with Gasteiger partial charge in [-0.2, -0.15) is 0 Å². The summed E-state index contributed by atoms with van der Waals surface area (Å²) in [7, 11) is 0. The van der Waals surface area contributed by atoms with E-state index in [4.69, 9.17) is 0 Å². The van der Waals surface area contributed by atoms with E-state index in [-0.39, 0.29) is 11.2 Å². The lowest BCUT2D eigenvalue weighted by Crippen LogP contribution is -2.50. The average molecular weight is 333 g/mol. The van der Waals surface area contributed by atoms with Crippen molar-refractivity contribution < 1.29 is 4.79 Å². The second-order valence-corrected chi connectivity index (χ2v) is 8.41. The third-order valence-electron chi connectivity index (χ3n) is 4.96. The van der Waals surface area contributed by atoms with Crippen molar-refractivity contribution in [1.82, 2.24) is 10.6 Å². The quantitative estimate of drug-likeness (QED) is 0.839. The van der Waals surface area contributed by atoms with Crippen molar-refractivity contribution in [2.75, 3.05) is 0 Å². The van der Waals surface area contributed by atoms with E-state index in [2.05, 4.69) is 48.7 Å². The Bertz CT molecular complexity index is 507. The van der Waals surface area contributed by atoms with Crippen molar-refractivity contribution in [2.45, 2.75) is 68.7 Å². The molecule has 0 aromatic heterocycles. The van der Waals surface area contributed by atoms with Gasteiger partial charge in [-0.1, -0.05) is 44.2 Å². The van der Waals surface area contributed by atoms with Gasteiger partial charge in [0.2, 0.25) is 5.91 Å². The Morgan fingerprint density at radius 1 is 1.22 bits per heavy atom. The van der Waals surface area contributed by atoms with Crippen LogP contribution < -0.4 is 10.6 Å². The third kappa shape index (κ3) is 4.51. The molecule has 2 saturated heterocycles. The van der Waals surface area contributed by atoms with E-state index in [9.17, 15) is 4.79 Å². The van der Waals surface area contributed by atoms with Crippen LogP contribution in [0.4, 0.5) is 0 Å². The van der Waals surface area contributed by atoms with Crippen LogP contribution in [0.5, 0.6) is 0 Å². The first kappa shape index (κ1) is 16.8. The number of carbonyl (C=O) groups is 1. The van der Waals surface area contributed by atoms with Crippen LogP contribution >= 0.6 is 11.8 Å². The second kappa shape index (κ2) is 7.71. The molecule has 1 amide bonds. The van der Waals surface area contributed by atoms with Gasteiger partial charge in [-0.3, -0.25) is 4.79 Å². The maximum atomic E-state index is 12.8. The number of hydrogen-bond acceptors (Lipinski definition) is 3. The van der Waals surface area contributed by atoms with Crippen LogP contribution in [-0.2, 0) is 10.5 Å². The normalized spacial score (nSPS) is 27.9. The maximum absolute atomic E-state index is 12.8. The summed E-state index contributed by atoms with van der Waals surface area (Å²) in [4.78, 5) is 12.8. The number of benzene rings is 1. The zero-order chi connectivity index (χ0) is 16.2. The molecule has 2 heterocycles. The van der Waals surface area contributed by atoms with Gasteiger partial charge in [0.15, 0.2) is 0 Å². The first-order chi connectivity index (χ1) is 11.1. The molecule has 3 unspecified atom stereocenters. The smallest absolute Gasteiger partial charge is 0.233 e. The summed E-state index contributed by atoms with van der Waals surface area (Å²) in [6, 6.07) is 12.0. The van der Waals surface area contributed by atoms with Crippen molar-refractivity contribution >= 4 is 17.7 Å². The minimum absolute atomic E-state index is 0.0303. The fraction of sp³-hybridized carbons (Fsp3) is 0.632. The molecule has 23 heavy (non-hydrogen) atoms. The summed E-state index contributed by atoms with van der Waals surface area (Å²) in [5.41, 5.74) is 1.29. The van der Waals surface area contributed by atoms with Gasteiger partial charge in [-0.25, -0.2) is 0 Å². The molecule has 2 aliphatic heterocycles. The molecule has 126 valence electrons. The summed E-state index contributed by atoms with van der Waals surface area (Å²) in [6.45, 7) is 4.29. The highest BCUT2D eigenvalue weighted by Crippen LogP contribution is 2.28. The highest BCUT2D eigenvalue weighted by atomic mass is 32.2. The molecule has 2 aliphatic rings. The number of thioether (sulfide) groups is 1. The summed E-state index contributed by atoms with van der Waals surface area (Å²) in [5, 5.41) is 7.00. The second-order valence-electron chi connectivity index (χ2n) is 7.28. The van der Waals surface area contributed by atoms with Gasteiger partial charge >= 0.3 is 0 Å². The molecule has 1 aromatic rings. The topological polar surface area (TPSA) is 41.1 Å². The summed E-state index contributed by atoms with van der Waals surface area (Å²) in [5.74, 6) is 1.48. The van der Waals surface area contributed by atoms with Crippen LogP contribution in [0.3, 0.4) is 0 Å². The molecule has 2 fully saturated rings. The third-order valence-corrected chi connectivity index (χ3v) is 6.57. The zero-order valence-corrected chi connectivity index (χ0v) is 14.9. The Labute approximate surface area is 144 Å². The van der Waals surface area contributed by atoms with Gasteiger partial charge in [-0.15, -0.1) is 11.8 Å². The summed E-state index contributed by atoms with van der Waals surface area (Å²) >= 11 is 1.77. The number of amides is 1. The number of carbonyl (C=O) groups excluding carboxylic acids is 1. The number of piperidine rings is 1. The summed E-state index contributed by atoms with van der Waals surface area (Å²) < 4.78 is 0. The van der Waals surface area contributed by atoms with E-state index >= 15 is 0 Å². The molecule has 1 aromatic carbocycles. The first-order valence-electron chi connectivity index (χ1n) is 8.83. The van der Waals surface area contributed by atoms with Gasteiger partial charge in [0.1, 0.15) is 0 Å². The lowest BCUT2D eigenvalue weighted by atomic mass is 9.99. The van der Waals surface area contributed by atoms with Crippen molar-refractivity contribution in [3.63, 3.8) is 0 Å². The Balaban J connectivity index is 1.54. The van der Waals surface area contributed by atoms with Gasteiger partial charge in [0.25, 0.3) is 0 Å². The van der Waals surface area contributed by atoms with E-state index in [1.54, 1.807) is 11.8 Å². The lowest BCUT2D eigenvalue weighted by molar-refractivity contribution is -0.122. The average Bonchev–Trinajstić information content (AvgIpc) is 2.87. The molecule has 0 spiro atoms. The molecule has 3 rings (SSSR count). The highest BCUT2D eigenvalue weighted by Gasteiger charge is 2.35. The molecule has 0 radical (unpaired) electrons. The van der Waals surface area contributed by atoms with Crippen molar-refractivity contribution in [3.8, 4) is 0 Å². The molecular weight excluding hydrogens is 304 g/mol. The van der Waals surface area contributed by atoms with Gasteiger partial charge in [0.05, 0.1) is 5.25 Å². The predicted molar refractivity (Wildman–Crippen MR) is 97.5 cm³/mol. The van der Waals surface area contributed by atoms with E-state index < -0.39 is 0 Å². The number of fused-ring (bicyclic) bond motifs is 2. The van der Waals surface area contributed by atoms with E-state index in [0.717, 1.165) is 18.6 Å². The molecule has 2 N–H and O–H groups in total. The summed E-state index contributed by atoms with van der Waals surface area (Å²) in [6.07, 6.45) is 4.73. The van der Waals surface area contributed by atoms with Gasteiger partial charge < -0.3 is 10.6 Å². The minimum atomic E-state index is 0.0303. The number of nitrogens with one attached hydrogen (secondary N) is 2. The largest absolute Gasteiger partial charge is 0.352 e. The van der Waals surface area contributed by atoms with Crippen molar-refractivity contribution in [2.24, 2.45) is 5.92 Å². The first-order valence-corrected chi connectivity index (χ1v) is 9.88. The molecule has 2 bridgehead atoms. The van der Waals surface area contributed by atoms with Crippen LogP contribution in [0.2, 0.25) is 0 Å². The minimum Gasteiger partial charge on any atom is -0.352 e. The number of rotatable bonds is 6. The zero-order valence-electron chi connectivity index (χ0n) is 14.1. The Morgan fingerprint density at radius 2 is 1.87 bits per heavy atom. The fourth-order valence-corrected chi connectivity index (χ4v) is 4.96. The van der Waals surface area contributed by atoms with E-state index in [1.165, 1.54) is 18.4 Å². The molecule has 0 aliphatic carbocycles. The van der Waals surface area contributed by atoms with Crippen molar-refractivity contribution in [1.29, 1.82) is 0 Å². The number of hydrogen-bond donors (Lipinski definition) is 2. The van der Waals surface area contributed by atoms with E-state index in [0.29, 0.717) is 24.0 Å². The molecule has 3 nitrogen and oxygen atoms in total. The predicted octanol–water partition coefficient (Wildman–Crippen LogP) is 3.34. The van der Waals surface area contributed by atoms with Crippen LogP contribution in [0.15, 0.2) is 30.3 Å². The van der Waals surface area contributed by atoms with Crippen LogP contribution in [0.1, 0.15) is 45.1 Å². The molecule has 4 heteroatoms. The molecule has 0 saturated carbocycles. The SMILES string of the molecule is CC(C)C(SCc1ccccc1)C(=O)NC1CC2CCC(C1)N2.